The van der Waals surface area contributed by atoms with Crippen molar-refractivity contribution < 1.29 is 13.9 Å². The number of halogens is 1. The zero-order chi connectivity index (χ0) is 21.0. The van der Waals surface area contributed by atoms with E-state index in [1.165, 1.54) is 10.6 Å². The Labute approximate surface area is 169 Å². The molecule has 3 aromatic rings. The second-order valence-electron chi connectivity index (χ2n) is 7.51. The summed E-state index contributed by atoms with van der Waals surface area (Å²) in [5.74, 6) is 0.272. The average Bonchev–Trinajstić information content (AvgIpc) is 2.69. The summed E-state index contributed by atoms with van der Waals surface area (Å²) >= 11 is 0. The van der Waals surface area contributed by atoms with Gasteiger partial charge in [-0.05, 0) is 36.6 Å². The number of amides is 1. The lowest BCUT2D eigenvalue weighted by molar-refractivity contribution is -0.123. The lowest BCUT2D eigenvalue weighted by atomic mass is 10.1. The number of nitrogens with one attached hydrogen (secondary N) is 1. The topological polar surface area (TPSA) is 60.3 Å². The number of nitrogens with zero attached hydrogens (tertiary/aromatic N) is 1. The maximum Gasteiger partial charge on any atom is 0.257 e. The first-order chi connectivity index (χ1) is 13.8. The smallest absolute Gasteiger partial charge is 0.257 e. The molecule has 0 unspecified atom stereocenters. The van der Waals surface area contributed by atoms with Crippen molar-refractivity contribution in [1.29, 1.82) is 0 Å². The van der Waals surface area contributed by atoms with Gasteiger partial charge in [0.25, 0.3) is 11.5 Å². The van der Waals surface area contributed by atoms with Gasteiger partial charge in [0.15, 0.2) is 6.61 Å². The molecule has 1 heterocycles. The predicted octanol–water partition coefficient (Wildman–Crippen LogP) is 3.65. The van der Waals surface area contributed by atoms with Crippen LogP contribution in [0.2, 0.25) is 0 Å². The molecule has 6 heteroatoms. The van der Waals surface area contributed by atoms with E-state index in [0.29, 0.717) is 29.3 Å². The fourth-order valence-electron chi connectivity index (χ4n) is 3.10. The number of hydrogen-bond donors (Lipinski definition) is 1. The number of hydrogen-bond acceptors (Lipinski definition) is 3. The molecule has 0 saturated carbocycles. The number of carbonyl (C=O) groups is 1. The quantitative estimate of drug-likeness (QED) is 0.663. The van der Waals surface area contributed by atoms with E-state index in [-0.39, 0.29) is 30.4 Å². The van der Waals surface area contributed by atoms with Crippen molar-refractivity contribution in [2.24, 2.45) is 5.92 Å². The van der Waals surface area contributed by atoms with Crippen LogP contribution >= 0.6 is 0 Å². The van der Waals surface area contributed by atoms with Gasteiger partial charge in [-0.2, -0.15) is 0 Å². The molecule has 29 heavy (non-hydrogen) atoms. The molecule has 152 valence electrons. The van der Waals surface area contributed by atoms with E-state index in [1.54, 1.807) is 36.4 Å². The lowest BCUT2D eigenvalue weighted by Gasteiger charge is -2.14. The van der Waals surface area contributed by atoms with Crippen molar-refractivity contribution in [3.63, 3.8) is 0 Å². The van der Waals surface area contributed by atoms with Crippen molar-refractivity contribution in [3.8, 4) is 5.75 Å². The number of pyridine rings is 1. The van der Waals surface area contributed by atoms with E-state index in [4.69, 9.17) is 4.74 Å². The van der Waals surface area contributed by atoms with Crippen molar-refractivity contribution in [1.82, 2.24) is 9.88 Å². The van der Waals surface area contributed by atoms with Gasteiger partial charge in [0, 0.05) is 29.6 Å². The molecule has 1 N–H and O–H groups in total. The molecule has 1 amide bonds. The Morgan fingerprint density at radius 2 is 1.93 bits per heavy atom. The minimum atomic E-state index is -0.359. The molecule has 0 aliphatic carbocycles. The molecule has 0 saturated heterocycles. The van der Waals surface area contributed by atoms with Crippen LogP contribution in [0.25, 0.3) is 10.9 Å². The molecule has 0 spiro atoms. The fourth-order valence-corrected chi connectivity index (χ4v) is 3.10. The fraction of sp³-hybridized carbons (Fsp3) is 0.304. The van der Waals surface area contributed by atoms with Gasteiger partial charge in [-0.25, -0.2) is 4.39 Å². The first kappa shape index (κ1) is 20.6. The zero-order valence-electron chi connectivity index (χ0n) is 16.9. The van der Waals surface area contributed by atoms with E-state index < -0.39 is 0 Å². The van der Waals surface area contributed by atoms with Gasteiger partial charge in [-0.15, -0.1) is 0 Å². The van der Waals surface area contributed by atoms with E-state index in [1.807, 2.05) is 26.8 Å². The first-order valence-electron chi connectivity index (χ1n) is 9.62. The van der Waals surface area contributed by atoms with Gasteiger partial charge >= 0.3 is 0 Å². The standard InChI is InChI=1S/C23H25FN2O3/c1-15(2)12-25-22(27)14-29-18-8-9-19-16(3)10-23(28)26(21(19)11-18)13-17-6-4-5-7-20(17)24/h4-11,15H,12-14H2,1-3H3,(H,25,27). The molecular weight excluding hydrogens is 371 g/mol. The summed E-state index contributed by atoms with van der Waals surface area (Å²) in [6, 6.07) is 13.3. The summed E-state index contributed by atoms with van der Waals surface area (Å²) < 4.78 is 21.3. The van der Waals surface area contributed by atoms with Gasteiger partial charge in [-0.3, -0.25) is 9.59 Å². The van der Waals surface area contributed by atoms with E-state index in [9.17, 15) is 14.0 Å². The normalized spacial score (nSPS) is 11.1. The molecule has 0 atom stereocenters. The highest BCUT2D eigenvalue weighted by Crippen LogP contribution is 2.23. The molecular formula is C23H25FN2O3. The SMILES string of the molecule is Cc1cc(=O)n(Cc2ccccc2F)c2cc(OCC(=O)NCC(C)C)ccc12. The van der Waals surface area contributed by atoms with Crippen molar-refractivity contribution in [3.05, 3.63) is 75.8 Å². The number of fused-ring (bicyclic) bond motifs is 1. The minimum Gasteiger partial charge on any atom is -0.484 e. The Hall–Kier alpha value is -3.15. The minimum absolute atomic E-state index is 0.110. The summed E-state index contributed by atoms with van der Waals surface area (Å²) in [5.41, 5.74) is 1.68. The highest BCUT2D eigenvalue weighted by atomic mass is 19.1. The van der Waals surface area contributed by atoms with E-state index >= 15 is 0 Å². The lowest BCUT2D eigenvalue weighted by Crippen LogP contribution is -2.31. The van der Waals surface area contributed by atoms with Gasteiger partial charge < -0.3 is 14.6 Å². The third kappa shape index (κ3) is 5.02. The number of carbonyl (C=O) groups excluding carboxylic acids is 1. The predicted molar refractivity (Wildman–Crippen MR) is 112 cm³/mol. The van der Waals surface area contributed by atoms with Crippen LogP contribution in [0.3, 0.4) is 0 Å². The molecule has 0 bridgehead atoms. The molecule has 0 aliphatic heterocycles. The molecule has 0 radical (unpaired) electrons. The maximum atomic E-state index is 14.1. The largest absolute Gasteiger partial charge is 0.484 e. The summed E-state index contributed by atoms with van der Waals surface area (Å²) in [6.45, 7) is 6.48. The second-order valence-corrected chi connectivity index (χ2v) is 7.51. The Bertz CT molecular complexity index is 1090. The van der Waals surface area contributed by atoms with Crippen molar-refractivity contribution in [2.75, 3.05) is 13.2 Å². The van der Waals surface area contributed by atoms with Crippen LogP contribution < -0.4 is 15.6 Å². The van der Waals surface area contributed by atoms with Crippen LogP contribution in [-0.4, -0.2) is 23.6 Å². The van der Waals surface area contributed by atoms with Crippen LogP contribution in [0.4, 0.5) is 4.39 Å². The van der Waals surface area contributed by atoms with E-state index in [2.05, 4.69) is 5.32 Å². The van der Waals surface area contributed by atoms with Gasteiger partial charge in [0.1, 0.15) is 11.6 Å². The monoisotopic (exact) mass is 396 g/mol. The summed E-state index contributed by atoms with van der Waals surface area (Å²) in [6.07, 6.45) is 0. The molecule has 5 nitrogen and oxygen atoms in total. The molecule has 3 rings (SSSR count). The Balaban J connectivity index is 1.91. The van der Waals surface area contributed by atoms with Gasteiger partial charge in [0.05, 0.1) is 12.1 Å². The second kappa shape index (κ2) is 8.90. The highest BCUT2D eigenvalue weighted by molar-refractivity contribution is 5.84. The summed E-state index contributed by atoms with van der Waals surface area (Å²) in [5, 5.41) is 3.67. The number of rotatable bonds is 7. The Morgan fingerprint density at radius 1 is 1.17 bits per heavy atom. The van der Waals surface area contributed by atoms with Crippen LogP contribution in [0, 0.1) is 18.7 Å². The molecule has 2 aromatic carbocycles. The van der Waals surface area contributed by atoms with E-state index in [0.717, 1.165) is 10.9 Å². The highest BCUT2D eigenvalue weighted by Gasteiger charge is 2.11. The van der Waals surface area contributed by atoms with Crippen molar-refractivity contribution >= 4 is 16.8 Å². The van der Waals surface area contributed by atoms with Crippen LogP contribution in [0.5, 0.6) is 5.75 Å². The van der Waals surface area contributed by atoms with Crippen LogP contribution in [0.1, 0.15) is 25.0 Å². The summed E-state index contributed by atoms with van der Waals surface area (Å²) in [7, 11) is 0. The van der Waals surface area contributed by atoms with Crippen LogP contribution in [-0.2, 0) is 11.3 Å². The Morgan fingerprint density at radius 3 is 2.66 bits per heavy atom. The first-order valence-corrected chi connectivity index (χ1v) is 9.62. The molecule has 0 aliphatic rings. The Kier molecular flexibility index (Phi) is 6.32. The van der Waals surface area contributed by atoms with Crippen LogP contribution in [0.15, 0.2) is 53.3 Å². The van der Waals surface area contributed by atoms with Gasteiger partial charge in [-0.1, -0.05) is 32.0 Å². The third-order valence-electron chi connectivity index (χ3n) is 4.65. The number of aryl methyl sites for hydroxylation is 1. The third-order valence-corrected chi connectivity index (χ3v) is 4.65. The number of benzene rings is 2. The number of ether oxygens (including phenoxy) is 1. The molecule has 0 fully saturated rings. The molecule has 1 aromatic heterocycles. The maximum absolute atomic E-state index is 14.1. The number of aromatic nitrogens is 1. The average molecular weight is 396 g/mol. The van der Waals surface area contributed by atoms with Crippen molar-refractivity contribution in [2.45, 2.75) is 27.3 Å². The van der Waals surface area contributed by atoms with Gasteiger partial charge in [0.2, 0.25) is 0 Å². The summed E-state index contributed by atoms with van der Waals surface area (Å²) in [4.78, 5) is 24.5. The zero-order valence-corrected chi connectivity index (χ0v) is 16.9.